The van der Waals surface area contributed by atoms with E-state index in [1.54, 1.807) is 30.5 Å². The number of benzene rings is 2. The third-order valence-electron chi connectivity index (χ3n) is 4.38. The highest BCUT2D eigenvalue weighted by molar-refractivity contribution is 7.90. The van der Waals surface area contributed by atoms with Gasteiger partial charge in [0.2, 0.25) is 11.8 Å². The van der Waals surface area contributed by atoms with Crippen LogP contribution in [0.5, 0.6) is 0 Å². The minimum absolute atomic E-state index is 0.279. The molecule has 0 aliphatic rings. The lowest BCUT2D eigenvalue weighted by Crippen LogP contribution is -1.96. The van der Waals surface area contributed by atoms with Gasteiger partial charge in [-0.1, -0.05) is 30.3 Å². The van der Waals surface area contributed by atoms with Gasteiger partial charge in [0.25, 0.3) is 0 Å². The van der Waals surface area contributed by atoms with Crippen molar-refractivity contribution >= 4 is 9.84 Å². The topological polar surface area (TPSA) is 86.0 Å². The number of hydrogen-bond donors (Lipinski definition) is 0. The van der Waals surface area contributed by atoms with Gasteiger partial charge >= 0.3 is 0 Å². The Labute approximate surface area is 162 Å². The Morgan fingerprint density at radius 2 is 1.50 bits per heavy atom. The summed E-state index contributed by atoms with van der Waals surface area (Å²) in [5, 5.41) is 8.30. The molecule has 4 aromatic rings. The third kappa shape index (κ3) is 3.57. The van der Waals surface area contributed by atoms with Crippen molar-refractivity contribution in [2.24, 2.45) is 0 Å². The van der Waals surface area contributed by atoms with Gasteiger partial charge in [0.1, 0.15) is 0 Å². The van der Waals surface area contributed by atoms with Crippen LogP contribution in [0.1, 0.15) is 5.69 Å². The molecule has 0 saturated carbocycles. The first-order valence-electron chi connectivity index (χ1n) is 8.58. The van der Waals surface area contributed by atoms with Crippen molar-refractivity contribution in [3.05, 3.63) is 72.6 Å². The molecular formula is C21H17N3O3S. The first-order valence-corrected chi connectivity index (χ1v) is 10.5. The second-order valence-electron chi connectivity index (χ2n) is 6.43. The van der Waals surface area contributed by atoms with Crippen LogP contribution in [0.15, 0.2) is 76.2 Å². The van der Waals surface area contributed by atoms with E-state index in [1.165, 1.54) is 6.26 Å². The van der Waals surface area contributed by atoms with E-state index in [-0.39, 0.29) is 4.90 Å². The molecule has 0 N–H and O–H groups in total. The summed E-state index contributed by atoms with van der Waals surface area (Å²) in [6, 6.07) is 18.2. The second-order valence-corrected chi connectivity index (χ2v) is 8.45. The summed E-state index contributed by atoms with van der Waals surface area (Å²) in [6.45, 7) is 1.87. The lowest BCUT2D eigenvalue weighted by Gasteiger charge is -2.06. The molecule has 0 fully saturated rings. The number of pyridine rings is 1. The molecule has 0 saturated heterocycles. The molecular weight excluding hydrogens is 374 g/mol. The van der Waals surface area contributed by atoms with Crippen molar-refractivity contribution < 1.29 is 12.8 Å². The fourth-order valence-electron chi connectivity index (χ4n) is 2.83. The first-order chi connectivity index (χ1) is 13.4. The molecule has 4 rings (SSSR count). The molecule has 0 amide bonds. The average molecular weight is 391 g/mol. The standard InChI is InChI=1S/C21H17N3O3S/c1-14-19(21-24-23-20(27-21)16-6-4-3-5-7-16)12-17(13-22-14)15-8-10-18(11-9-15)28(2,25)26/h3-13H,1-2H3. The number of aryl methyl sites for hydroxylation is 1. The fraction of sp³-hybridized carbons (Fsp3) is 0.0952. The van der Waals surface area contributed by atoms with E-state index in [4.69, 9.17) is 4.42 Å². The largest absolute Gasteiger partial charge is 0.416 e. The Morgan fingerprint density at radius 3 is 2.18 bits per heavy atom. The normalized spacial score (nSPS) is 11.5. The van der Waals surface area contributed by atoms with Crippen LogP contribution in [0.2, 0.25) is 0 Å². The van der Waals surface area contributed by atoms with Gasteiger partial charge in [-0.25, -0.2) is 8.42 Å². The molecule has 0 atom stereocenters. The minimum Gasteiger partial charge on any atom is -0.416 e. The first kappa shape index (κ1) is 18.1. The summed E-state index contributed by atoms with van der Waals surface area (Å²) in [5.41, 5.74) is 4.03. The molecule has 7 heteroatoms. The molecule has 0 radical (unpaired) electrons. The maximum absolute atomic E-state index is 11.6. The predicted molar refractivity (Wildman–Crippen MR) is 106 cm³/mol. The van der Waals surface area contributed by atoms with Crippen molar-refractivity contribution in [3.63, 3.8) is 0 Å². The maximum Gasteiger partial charge on any atom is 0.250 e. The smallest absolute Gasteiger partial charge is 0.250 e. The van der Waals surface area contributed by atoms with Crippen LogP contribution < -0.4 is 0 Å². The molecule has 0 spiro atoms. The van der Waals surface area contributed by atoms with Gasteiger partial charge < -0.3 is 4.42 Å². The average Bonchev–Trinajstić information content (AvgIpc) is 3.18. The summed E-state index contributed by atoms with van der Waals surface area (Å²) in [7, 11) is -3.23. The van der Waals surface area contributed by atoms with Crippen molar-refractivity contribution in [2.45, 2.75) is 11.8 Å². The number of rotatable bonds is 4. The Bertz CT molecular complexity index is 1230. The van der Waals surface area contributed by atoms with Crippen molar-refractivity contribution in [1.29, 1.82) is 0 Å². The Morgan fingerprint density at radius 1 is 0.821 bits per heavy atom. The van der Waals surface area contributed by atoms with Gasteiger partial charge in [-0.2, -0.15) is 0 Å². The molecule has 6 nitrogen and oxygen atoms in total. The van der Waals surface area contributed by atoms with E-state index < -0.39 is 9.84 Å². The SMILES string of the molecule is Cc1ncc(-c2ccc(S(C)(=O)=O)cc2)cc1-c1nnc(-c2ccccc2)o1. The van der Waals surface area contributed by atoms with Crippen LogP contribution in [0.3, 0.4) is 0 Å². The predicted octanol–water partition coefficient (Wildman–Crippen LogP) is 4.18. The van der Waals surface area contributed by atoms with Gasteiger partial charge in [-0.15, -0.1) is 10.2 Å². The molecule has 2 heterocycles. The van der Waals surface area contributed by atoms with E-state index in [0.29, 0.717) is 11.8 Å². The van der Waals surface area contributed by atoms with E-state index in [9.17, 15) is 8.42 Å². The Hall–Kier alpha value is -3.32. The van der Waals surface area contributed by atoms with Crippen LogP contribution in [0, 0.1) is 6.92 Å². The zero-order valence-corrected chi connectivity index (χ0v) is 16.1. The van der Waals surface area contributed by atoms with Crippen molar-refractivity contribution in [1.82, 2.24) is 15.2 Å². The van der Waals surface area contributed by atoms with E-state index in [0.717, 1.165) is 27.9 Å². The molecule has 0 aliphatic heterocycles. The van der Waals surface area contributed by atoms with Gasteiger partial charge in [0, 0.05) is 29.3 Å². The molecule has 2 aromatic heterocycles. The zero-order valence-electron chi connectivity index (χ0n) is 15.3. The minimum atomic E-state index is -3.23. The number of hydrogen-bond acceptors (Lipinski definition) is 6. The quantitative estimate of drug-likeness (QED) is 0.519. The maximum atomic E-state index is 11.6. The summed E-state index contributed by atoms with van der Waals surface area (Å²) >= 11 is 0. The number of aromatic nitrogens is 3. The summed E-state index contributed by atoms with van der Waals surface area (Å²) < 4.78 is 29.1. The summed E-state index contributed by atoms with van der Waals surface area (Å²) in [6.07, 6.45) is 2.93. The summed E-state index contributed by atoms with van der Waals surface area (Å²) in [4.78, 5) is 4.72. The number of sulfone groups is 1. The number of nitrogens with zero attached hydrogens (tertiary/aromatic N) is 3. The molecule has 28 heavy (non-hydrogen) atoms. The van der Waals surface area contributed by atoms with Crippen LogP contribution in [0.4, 0.5) is 0 Å². The monoisotopic (exact) mass is 391 g/mol. The molecule has 2 aromatic carbocycles. The van der Waals surface area contributed by atoms with Gasteiger partial charge in [0.15, 0.2) is 9.84 Å². The van der Waals surface area contributed by atoms with Crippen molar-refractivity contribution in [2.75, 3.05) is 6.26 Å². The van der Waals surface area contributed by atoms with Crippen LogP contribution in [0.25, 0.3) is 34.0 Å². The zero-order chi connectivity index (χ0) is 19.7. The highest BCUT2D eigenvalue weighted by atomic mass is 32.2. The second kappa shape index (κ2) is 7.01. The lowest BCUT2D eigenvalue weighted by atomic mass is 10.0. The van der Waals surface area contributed by atoms with Gasteiger partial charge in [-0.05, 0) is 42.8 Å². The van der Waals surface area contributed by atoms with Gasteiger partial charge in [-0.3, -0.25) is 4.98 Å². The van der Waals surface area contributed by atoms with Crippen LogP contribution >= 0.6 is 0 Å². The molecule has 0 bridgehead atoms. The summed E-state index contributed by atoms with van der Waals surface area (Å²) in [5.74, 6) is 0.830. The lowest BCUT2D eigenvalue weighted by molar-refractivity contribution is 0.583. The molecule has 0 unspecified atom stereocenters. The molecule has 0 aliphatic carbocycles. The van der Waals surface area contributed by atoms with E-state index >= 15 is 0 Å². The Balaban J connectivity index is 1.71. The van der Waals surface area contributed by atoms with E-state index in [2.05, 4.69) is 15.2 Å². The fourth-order valence-corrected chi connectivity index (χ4v) is 3.46. The van der Waals surface area contributed by atoms with Crippen LogP contribution in [-0.2, 0) is 9.84 Å². The highest BCUT2D eigenvalue weighted by Crippen LogP contribution is 2.29. The third-order valence-corrected chi connectivity index (χ3v) is 5.51. The van der Waals surface area contributed by atoms with Crippen LogP contribution in [-0.4, -0.2) is 29.9 Å². The highest BCUT2D eigenvalue weighted by Gasteiger charge is 2.15. The van der Waals surface area contributed by atoms with E-state index in [1.807, 2.05) is 43.3 Å². The van der Waals surface area contributed by atoms with Gasteiger partial charge in [0.05, 0.1) is 10.5 Å². The van der Waals surface area contributed by atoms with Crippen molar-refractivity contribution in [3.8, 4) is 34.0 Å². The Kier molecular flexibility index (Phi) is 4.52. The molecule has 140 valence electrons.